The lowest BCUT2D eigenvalue weighted by Crippen LogP contribution is -2.02. The lowest BCUT2D eigenvalue weighted by molar-refractivity contribution is 0.864. The van der Waals surface area contributed by atoms with Gasteiger partial charge in [0.05, 0.1) is 5.71 Å². The van der Waals surface area contributed by atoms with Gasteiger partial charge in [-0.2, -0.15) is 0 Å². The monoisotopic (exact) mass is 275 g/mol. The van der Waals surface area contributed by atoms with Crippen LogP contribution < -0.4 is 0 Å². The fourth-order valence-electron chi connectivity index (χ4n) is 2.27. The van der Waals surface area contributed by atoms with Crippen molar-refractivity contribution in [3.8, 4) is 0 Å². The normalized spacial score (nSPS) is 11.0. The molecule has 106 valence electrons. The molecule has 2 aromatic carbocycles. The zero-order chi connectivity index (χ0) is 15.2. The molecule has 0 aromatic heterocycles. The highest BCUT2D eigenvalue weighted by Crippen LogP contribution is 2.20. The first-order valence-electron chi connectivity index (χ1n) is 7.20. The molecule has 1 heteroatoms. The first kappa shape index (κ1) is 15.0. The largest absolute Gasteiger partial charge is 0.300 e. The topological polar surface area (TPSA) is 23.9 Å². The van der Waals surface area contributed by atoms with Gasteiger partial charge in [0.15, 0.2) is 0 Å². The zero-order valence-corrected chi connectivity index (χ0v) is 12.6. The average molecular weight is 275 g/mol. The Kier molecular flexibility index (Phi) is 4.89. The molecular formula is C20H21N. The molecule has 0 radical (unpaired) electrons. The second-order valence-corrected chi connectivity index (χ2v) is 5.38. The Bertz CT molecular complexity index is 663. The maximum atomic E-state index is 8.29. The molecule has 1 nitrogen and oxygen atoms in total. The highest BCUT2D eigenvalue weighted by molar-refractivity contribution is 6.08. The van der Waals surface area contributed by atoms with Crippen molar-refractivity contribution in [2.75, 3.05) is 0 Å². The molecule has 0 amide bonds. The molecular weight excluding hydrogens is 254 g/mol. The van der Waals surface area contributed by atoms with Gasteiger partial charge in [-0.3, -0.25) is 0 Å². The molecule has 0 atom stereocenters. The van der Waals surface area contributed by atoms with E-state index in [9.17, 15) is 0 Å². The lowest BCUT2D eigenvalue weighted by atomic mass is 9.94. The van der Waals surface area contributed by atoms with Crippen molar-refractivity contribution in [2.24, 2.45) is 0 Å². The highest BCUT2D eigenvalue weighted by Gasteiger charge is 2.08. The Labute approximate surface area is 127 Å². The van der Waals surface area contributed by atoms with Crippen molar-refractivity contribution in [1.82, 2.24) is 0 Å². The Morgan fingerprint density at radius 2 is 1.57 bits per heavy atom. The first-order valence-corrected chi connectivity index (χ1v) is 7.20. The molecule has 0 aliphatic heterocycles. The van der Waals surface area contributed by atoms with E-state index in [4.69, 9.17) is 5.41 Å². The van der Waals surface area contributed by atoms with E-state index in [-0.39, 0.29) is 0 Å². The van der Waals surface area contributed by atoms with E-state index < -0.39 is 0 Å². The van der Waals surface area contributed by atoms with Crippen LogP contribution in [-0.4, -0.2) is 5.71 Å². The van der Waals surface area contributed by atoms with E-state index in [0.29, 0.717) is 11.6 Å². The van der Waals surface area contributed by atoms with Gasteiger partial charge in [0.25, 0.3) is 0 Å². The van der Waals surface area contributed by atoms with Gasteiger partial charge in [0.1, 0.15) is 0 Å². The summed E-state index contributed by atoms with van der Waals surface area (Å²) in [6, 6.07) is 18.1. The third-order valence-electron chi connectivity index (χ3n) is 3.47. The number of hydrogen-bond donors (Lipinski definition) is 1. The fraction of sp³-hybridized carbons (Fsp3) is 0.150. The molecule has 21 heavy (non-hydrogen) atoms. The van der Waals surface area contributed by atoms with Crippen LogP contribution in [0.4, 0.5) is 0 Å². The van der Waals surface area contributed by atoms with Gasteiger partial charge in [0.2, 0.25) is 0 Å². The van der Waals surface area contributed by atoms with Gasteiger partial charge in [-0.15, -0.1) is 0 Å². The summed E-state index contributed by atoms with van der Waals surface area (Å²) < 4.78 is 0. The second-order valence-electron chi connectivity index (χ2n) is 5.38. The minimum absolute atomic E-state index is 0.410. The molecule has 0 aliphatic carbocycles. The maximum absolute atomic E-state index is 8.29. The molecule has 2 rings (SSSR count). The Balaban J connectivity index is 2.19. The molecule has 0 bridgehead atoms. The van der Waals surface area contributed by atoms with Crippen molar-refractivity contribution < 1.29 is 0 Å². The highest BCUT2D eigenvalue weighted by atomic mass is 14.4. The van der Waals surface area contributed by atoms with Crippen LogP contribution in [0.25, 0.3) is 5.57 Å². The predicted molar refractivity (Wildman–Crippen MR) is 92.0 cm³/mol. The van der Waals surface area contributed by atoms with Crippen LogP contribution in [0, 0.1) is 5.41 Å². The predicted octanol–water partition coefficient (Wildman–Crippen LogP) is 5.45. The van der Waals surface area contributed by atoms with Crippen LogP contribution in [0.2, 0.25) is 0 Å². The van der Waals surface area contributed by atoms with Gasteiger partial charge in [-0.1, -0.05) is 81.1 Å². The van der Waals surface area contributed by atoms with Gasteiger partial charge in [0, 0.05) is 5.56 Å². The van der Waals surface area contributed by atoms with Crippen molar-refractivity contribution in [3.63, 3.8) is 0 Å². The van der Waals surface area contributed by atoms with E-state index in [1.807, 2.05) is 60.7 Å². The summed E-state index contributed by atoms with van der Waals surface area (Å²) in [6.45, 7) is 8.37. The van der Waals surface area contributed by atoms with Crippen LogP contribution in [-0.2, 0) is 0 Å². The molecule has 1 N–H and O–H groups in total. The Morgan fingerprint density at radius 3 is 2.24 bits per heavy atom. The summed E-state index contributed by atoms with van der Waals surface area (Å²) in [5.74, 6) is 0.410. The summed E-state index contributed by atoms with van der Waals surface area (Å²) in [7, 11) is 0. The SMILES string of the molecule is C=C(/C=C\C(=N)c1ccccc1C(C)C)c1ccccc1. The van der Waals surface area contributed by atoms with E-state index in [1.165, 1.54) is 5.56 Å². The number of rotatable bonds is 5. The molecule has 0 aliphatic rings. The zero-order valence-electron chi connectivity index (χ0n) is 12.6. The van der Waals surface area contributed by atoms with Crippen molar-refractivity contribution in [2.45, 2.75) is 19.8 Å². The summed E-state index contributed by atoms with van der Waals surface area (Å²) >= 11 is 0. The van der Waals surface area contributed by atoms with Crippen molar-refractivity contribution in [3.05, 3.63) is 90.0 Å². The third kappa shape index (κ3) is 3.79. The first-order chi connectivity index (χ1) is 10.1. The van der Waals surface area contributed by atoms with E-state index >= 15 is 0 Å². The molecule has 0 spiro atoms. The maximum Gasteiger partial charge on any atom is 0.0615 e. The number of benzene rings is 2. The van der Waals surface area contributed by atoms with Gasteiger partial charge in [-0.05, 0) is 28.7 Å². The molecule has 0 unspecified atom stereocenters. The van der Waals surface area contributed by atoms with Gasteiger partial charge in [-0.25, -0.2) is 0 Å². The van der Waals surface area contributed by atoms with Crippen molar-refractivity contribution >= 4 is 11.3 Å². The fourth-order valence-corrected chi connectivity index (χ4v) is 2.27. The van der Waals surface area contributed by atoms with Crippen LogP contribution in [0.3, 0.4) is 0 Å². The smallest absolute Gasteiger partial charge is 0.0615 e. The Morgan fingerprint density at radius 1 is 0.952 bits per heavy atom. The van der Waals surface area contributed by atoms with E-state index in [0.717, 1.165) is 16.7 Å². The molecule has 0 saturated heterocycles. The summed E-state index contributed by atoms with van der Waals surface area (Å²) in [4.78, 5) is 0. The van der Waals surface area contributed by atoms with E-state index in [1.54, 1.807) is 0 Å². The molecule has 0 heterocycles. The van der Waals surface area contributed by atoms with Crippen LogP contribution >= 0.6 is 0 Å². The summed E-state index contributed by atoms with van der Waals surface area (Å²) in [5.41, 5.74) is 4.72. The van der Waals surface area contributed by atoms with Crippen LogP contribution in [0.5, 0.6) is 0 Å². The lowest BCUT2D eigenvalue weighted by Gasteiger charge is -2.11. The number of nitrogens with one attached hydrogen (secondary N) is 1. The van der Waals surface area contributed by atoms with Crippen LogP contribution in [0.15, 0.2) is 73.3 Å². The van der Waals surface area contributed by atoms with Gasteiger partial charge >= 0.3 is 0 Å². The summed E-state index contributed by atoms with van der Waals surface area (Å²) in [5, 5.41) is 8.29. The minimum Gasteiger partial charge on any atom is -0.300 e. The number of hydrogen-bond acceptors (Lipinski definition) is 1. The minimum atomic E-state index is 0.410. The average Bonchev–Trinajstić information content (AvgIpc) is 2.53. The van der Waals surface area contributed by atoms with E-state index in [2.05, 4.69) is 26.5 Å². The quantitative estimate of drug-likeness (QED) is 0.554. The standard InChI is InChI=1S/C20H21N/c1-15(2)18-11-7-8-12-19(18)20(21)14-13-16(3)17-9-5-4-6-10-17/h4-15,21H,3H2,1-2H3/b14-13-,21-20?. The molecule has 0 saturated carbocycles. The molecule has 0 fully saturated rings. The van der Waals surface area contributed by atoms with Crippen LogP contribution in [0.1, 0.15) is 36.5 Å². The number of allylic oxidation sites excluding steroid dienone is 3. The van der Waals surface area contributed by atoms with Gasteiger partial charge < -0.3 is 5.41 Å². The third-order valence-corrected chi connectivity index (χ3v) is 3.47. The second kappa shape index (κ2) is 6.85. The molecule has 2 aromatic rings. The Hall–Kier alpha value is -2.41. The van der Waals surface area contributed by atoms with Crippen molar-refractivity contribution in [1.29, 1.82) is 5.41 Å². The summed E-state index contributed by atoms with van der Waals surface area (Å²) in [6.07, 6.45) is 3.74.